The highest BCUT2D eigenvalue weighted by Gasteiger charge is 2.39. The zero-order chi connectivity index (χ0) is 19.0. The van der Waals surface area contributed by atoms with E-state index in [9.17, 15) is 35.9 Å². The molecule has 1 aliphatic heterocycles. The molecule has 0 atom stereocenters. The quantitative estimate of drug-likeness (QED) is 0.826. The summed E-state index contributed by atoms with van der Waals surface area (Å²) in [6.07, 6.45) is -10.4. The monoisotopic (exact) mass is 370 g/mol. The number of hydrogen-bond acceptors (Lipinski definition) is 2. The Hall–Kier alpha value is -2.46. The van der Waals surface area contributed by atoms with E-state index in [-0.39, 0.29) is 32.1 Å². The lowest BCUT2D eigenvalue weighted by Gasteiger charge is -2.21. The van der Waals surface area contributed by atoms with Crippen molar-refractivity contribution in [1.82, 2.24) is 4.90 Å². The molecule has 1 N–H and O–H groups in total. The molecule has 0 aliphatic carbocycles. The van der Waals surface area contributed by atoms with Crippen LogP contribution in [0.3, 0.4) is 0 Å². The third-order valence-electron chi connectivity index (χ3n) is 3.57. The molecule has 0 bridgehead atoms. The highest BCUT2D eigenvalue weighted by atomic mass is 19.4. The molecular formula is C14H12F6N2O3. The number of hydrogen-bond donors (Lipinski definition) is 1. The van der Waals surface area contributed by atoms with Crippen molar-refractivity contribution in [1.29, 1.82) is 0 Å². The Morgan fingerprint density at radius 2 is 1.52 bits per heavy atom. The van der Waals surface area contributed by atoms with Crippen molar-refractivity contribution in [3.63, 3.8) is 0 Å². The summed E-state index contributed by atoms with van der Waals surface area (Å²) in [4.78, 5) is 24.5. The van der Waals surface area contributed by atoms with Crippen LogP contribution in [0, 0.1) is 0 Å². The number of alkyl halides is 6. The van der Waals surface area contributed by atoms with Crippen molar-refractivity contribution in [2.75, 3.05) is 24.5 Å². The van der Waals surface area contributed by atoms with Gasteiger partial charge in [-0.3, -0.25) is 9.69 Å². The van der Waals surface area contributed by atoms with Gasteiger partial charge in [-0.2, -0.15) is 26.3 Å². The van der Waals surface area contributed by atoms with Crippen LogP contribution in [0.4, 0.5) is 36.8 Å². The first kappa shape index (κ1) is 18.9. The first-order chi connectivity index (χ1) is 11.4. The molecular weight excluding hydrogens is 358 g/mol. The van der Waals surface area contributed by atoms with Crippen LogP contribution in [-0.2, 0) is 17.1 Å². The van der Waals surface area contributed by atoms with E-state index >= 15 is 0 Å². The average molecular weight is 370 g/mol. The van der Waals surface area contributed by atoms with Gasteiger partial charge in [-0.05, 0) is 18.2 Å². The second-order valence-corrected chi connectivity index (χ2v) is 5.33. The number of carboxylic acids is 1. The first-order valence-electron chi connectivity index (χ1n) is 6.97. The van der Waals surface area contributed by atoms with E-state index in [0.717, 1.165) is 9.80 Å². The Balaban J connectivity index is 2.35. The molecule has 11 heteroatoms. The molecule has 25 heavy (non-hydrogen) atoms. The molecule has 138 valence electrons. The molecule has 2 amide bonds. The molecule has 1 aromatic rings. The van der Waals surface area contributed by atoms with Crippen LogP contribution in [0.2, 0.25) is 0 Å². The summed E-state index contributed by atoms with van der Waals surface area (Å²) in [5, 5.41) is 8.59. The lowest BCUT2D eigenvalue weighted by molar-refractivity contribution is -0.143. The van der Waals surface area contributed by atoms with Gasteiger partial charge in [-0.15, -0.1) is 0 Å². The topological polar surface area (TPSA) is 60.9 Å². The second kappa shape index (κ2) is 6.45. The van der Waals surface area contributed by atoms with E-state index in [4.69, 9.17) is 5.11 Å². The SMILES string of the molecule is O=C(O)CCN1CCN(c2cc(C(F)(F)F)cc(C(F)(F)F)c2)C1=O. The number of halogens is 6. The fourth-order valence-electron chi connectivity index (χ4n) is 2.35. The van der Waals surface area contributed by atoms with Gasteiger partial charge in [0, 0.05) is 25.3 Å². The standard InChI is InChI=1S/C14H12F6N2O3/c15-13(16,17)8-5-9(14(18,19)20)7-10(6-8)22-4-3-21(12(22)25)2-1-11(23)24/h5-7H,1-4H2,(H,23,24). The molecule has 0 spiro atoms. The molecule has 1 aromatic carbocycles. The van der Waals surface area contributed by atoms with Gasteiger partial charge in [0.1, 0.15) is 0 Å². The fraction of sp³-hybridized carbons (Fsp3) is 0.429. The van der Waals surface area contributed by atoms with Crippen LogP contribution >= 0.6 is 0 Å². The molecule has 0 saturated carbocycles. The van der Waals surface area contributed by atoms with Crippen LogP contribution in [0.25, 0.3) is 0 Å². The van der Waals surface area contributed by atoms with Gasteiger partial charge in [0.2, 0.25) is 0 Å². The molecule has 2 rings (SSSR count). The summed E-state index contributed by atoms with van der Waals surface area (Å²) in [6.45, 7) is -0.323. The zero-order valence-electron chi connectivity index (χ0n) is 12.5. The molecule has 0 unspecified atom stereocenters. The molecule has 1 fully saturated rings. The van der Waals surface area contributed by atoms with Crippen LogP contribution in [0.1, 0.15) is 17.5 Å². The summed E-state index contributed by atoms with van der Waals surface area (Å²) in [5.41, 5.74) is -3.58. The maximum absolute atomic E-state index is 12.9. The minimum Gasteiger partial charge on any atom is -0.481 e. The van der Waals surface area contributed by atoms with E-state index in [1.54, 1.807) is 0 Å². The van der Waals surface area contributed by atoms with Gasteiger partial charge in [0.25, 0.3) is 0 Å². The van der Waals surface area contributed by atoms with Gasteiger partial charge in [0.05, 0.1) is 17.5 Å². The van der Waals surface area contributed by atoms with E-state index in [0.29, 0.717) is 12.1 Å². The fourth-order valence-corrected chi connectivity index (χ4v) is 2.35. The summed E-state index contributed by atoms with van der Waals surface area (Å²) < 4.78 is 77.2. The Labute approximate surface area is 137 Å². The number of carboxylic acid groups (broad SMARTS) is 1. The normalized spacial score (nSPS) is 15.8. The van der Waals surface area contributed by atoms with Gasteiger partial charge in [0.15, 0.2) is 0 Å². The van der Waals surface area contributed by atoms with Crippen molar-refractivity contribution in [2.45, 2.75) is 18.8 Å². The van der Waals surface area contributed by atoms with Crippen LogP contribution in [0.5, 0.6) is 0 Å². The highest BCUT2D eigenvalue weighted by molar-refractivity contribution is 5.94. The molecule has 1 aliphatic rings. The smallest absolute Gasteiger partial charge is 0.416 e. The number of anilines is 1. The van der Waals surface area contributed by atoms with Crippen molar-refractivity contribution < 1.29 is 41.0 Å². The predicted octanol–water partition coefficient (Wildman–Crippen LogP) is 3.44. The Bertz CT molecular complexity index is 654. The molecule has 1 heterocycles. The van der Waals surface area contributed by atoms with Crippen LogP contribution in [0.15, 0.2) is 18.2 Å². The number of carbonyl (C=O) groups is 2. The number of benzene rings is 1. The first-order valence-corrected chi connectivity index (χ1v) is 6.97. The van der Waals surface area contributed by atoms with Crippen molar-refractivity contribution in [2.24, 2.45) is 0 Å². The van der Waals surface area contributed by atoms with E-state index < -0.39 is 41.2 Å². The third kappa shape index (κ3) is 4.34. The molecule has 5 nitrogen and oxygen atoms in total. The molecule has 1 saturated heterocycles. The molecule has 0 aromatic heterocycles. The Morgan fingerprint density at radius 1 is 1.00 bits per heavy atom. The zero-order valence-corrected chi connectivity index (χ0v) is 12.5. The van der Waals surface area contributed by atoms with Crippen molar-refractivity contribution in [3.05, 3.63) is 29.3 Å². The number of aliphatic carboxylic acids is 1. The van der Waals surface area contributed by atoms with Crippen LogP contribution < -0.4 is 4.90 Å². The maximum atomic E-state index is 12.9. The summed E-state index contributed by atoms with van der Waals surface area (Å²) in [5.74, 6) is -1.18. The van der Waals surface area contributed by atoms with Crippen molar-refractivity contribution in [3.8, 4) is 0 Å². The number of urea groups is 1. The Kier molecular flexibility index (Phi) is 4.87. The largest absolute Gasteiger partial charge is 0.481 e. The van der Waals surface area contributed by atoms with E-state index in [2.05, 4.69) is 0 Å². The lowest BCUT2D eigenvalue weighted by atomic mass is 10.1. The predicted molar refractivity (Wildman–Crippen MR) is 73.0 cm³/mol. The summed E-state index contributed by atoms with van der Waals surface area (Å²) >= 11 is 0. The minimum absolute atomic E-state index is 0.00368. The summed E-state index contributed by atoms with van der Waals surface area (Å²) in [6, 6.07) is 0.0715. The number of nitrogens with zero attached hydrogens (tertiary/aromatic N) is 2. The summed E-state index contributed by atoms with van der Waals surface area (Å²) in [7, 11) is 0. The van der Waals surface area contributed by atoms with Gasteiger partial charge in [-0.1, -0.05) is 0 Å². The third-order valence-corrected chi connectivity index (χ3v) is 3.57. The number of amides is 2. The average Bonchev–Trinajstić information content (AvgIpc) is 2.84. The minimum atomic E-state index is -5.01. The van der Waals surface area contributed by atoms with Crippen LogP contribution in [-0.4, -0.2) is 41.6 Å². The highest BCUT2D eigenvalue weighted by Crippen LogP contribution is 2.39. The van der Waals surface area contributed by atoms with E-state index in [1.807, 2.05) is 0 Å². The molecule has 0 radical (unpaired) electrons. The lowest BCUT2D eigenvalue weighted by Crippen LogP contribution is -2.33. The Morgan fingerprint density at radius 3 is 1.96 bits per heavy atom. The van der Waals surface area contributed by atoms with Gasteiger partial charge in [-0.25, -0.2) is 4.79 Å². The maximum Gasteiger partial charge on any atom is 0.416 e. The van der Waals surface area contributed by atoms with Crippen molar-refractivity contribution >= 4 is 17.7 Å². The number of carbonyl (C=O) groups excluding carboxylic acids is 1. The number of rotatable bonds is 4. The van der Waals surface area contributed by atoms with Gasteiger partial charge >= 0.3 is 24.4 Å². The van der Waals surface area contributed by atoms with Gasteiger partial charge < -0.3 is 10.0 Å². The van der Waals surface area contributed by atoms with E-state index in [1.165, 1.54) is 0 Å². The second-order valence-electron chi connectivity index (χ2n) is 5.33.